The Balaban J connectivity index is 1.57. The Morgan fingerprint density at radius 2 is 1.79 bits per heavy atom. The van der Waals surface area contributed by atoms with Crippen molar-refractivity contribution in [3.8, 4) is 0 Å². The normalized spacial score (nSPS) is 10.4. The molecule has 0 spiro atoms. The quantitative estimate of drug-likeness (QED) is 0.559. The molecule has 28 heavy (non-hydrogen) atoms. The highest BCUT2D eigenvalue weighted by Gasteiger charge is 2.15. The van der Waals surface area contributed by atoms with E-state index in [0.717, 1.165) is 23.5 Å². The van der Waals surface area contributed by atoms with E-state index in [4.69, 9.17) is 11.6 Å². The highest BCUT2D eigenvalue weighted by molar-refractivity contribution is 7.14. The molecule has 1 heterocycles. The minimum atomic E-state index is -0.751. The topological polar surface area (TPSA) is 83.1 Å². The molecule has 0 saturated carbocycles. The van der Waals surface area contributed by atoms with Crippen molar-refractivity contribution in [1.82, 2.24) is 10.3 Å². The Morgan fingerprint density at radius 1 is 1.07 bits per heavy atom. The predicted molar refractivity (Wildman–Crippen MR) is 104 cm³/mol. The molecule has 3 N–H and O–H groups in total. The molecule has 0 aliphatic heterocycles. The summed E-state index contributed by atoms with van der Waals surface area (Å²) in [4.78, 5) is 28.1. The number of carbonyl (C=O) groups is 2. The van der Waals surface area contributed by atoms with E-state index in [-0.39, 0.29) is 22.9 Å². The monoisotopic (exact) mass is 422 g/mol. The van der Waals surface area contributed by atoms with E-state index in [2.05, 4.69) is 20.9 Å². The molecule has 144 valence electrons. The van der Waals surface area contributed by atoms with E-state index in [9.17, 15) is 18.4 Å². The second-order valence-corrected chi connectivity index (χ2v) is 6.80. The van der Waals surface area contributed by atoms with E-state index < -0.39 is 23.6 Å². The van der Waals surface area contributed by atoms with Gasteiger partial charge in [-0.2, -0.15) is 0 Å². The SMILES string of the molecule is O=C(Nc1cccc(Cl)c1)Nc1nc(C(=O)NCc2c(F)cccc2F)cs1. The number of urea groups is 1. The number of amides is 3. The lowest BCUT2D eigenvalue weighted by atomic mass is 10.2. The minimum Gasteiger partial charge on any atom is -0.346 e. The molecule has 2 aromatic carbocycles. The smallest absolute Gasteiger partial charge is 0.325 e. The van der Waals surface area contributed by atoms with E-state index in [1.165, 1.54) is 11.4 Å². The van der Waals surface area contributed by atoms with Crippen LogP contribution in [0.4, 0.5) is 24.4 Å². The summed E-state index contributed by atoms with van der Waals surface area (Å²) in [5.41, 5.74) is 0.261. The lowest BCUT2D eigenvalue weighted by molar-refractivity contribution is 0.0946. The number of hydrogen-bond donors (Lipinski definition) is 3. The van der Waals surface area contributed by atoms with Crippen LogP contribution in [0, 0.1) is 11.6 Å². The first-order valence-corrected chi connectivity index (χ1v) is 9.18. The molecule has 0 bridgehead atoms. The van der Waals surface area contributed by atoms with Crippen LogP contribution in [0.3, 0.4) is 0 Å². The fraction of sp³-hybridized carbons (Fsp3) is 0.0556. The van der Waals surface area contributed by atoms with Gasteiger partial charge >= 0.3 is 6.03 Å². The van der Waals surface area contributed by atoms with Gasteiger partial charge in [0.2, 0.25) is 0 Å². The van der Waals surface area contributed by atoms with Crippen LogP contribution in [0.25, 0.3) is 0 Å². The van der Waals surface area contributed by atoms with Crippen molar-refractivity contribution >= 4 is 45.7 Å². The number of carbonyl (C=O) groups excluding carboxylic acids is 2. The standard InChI is InChI=1S/C18H13ClF2N4O2S/c19-10-3-1-4-11(7-10)23-17(27)25-18-24-15(9-28-18)16(26)22-8-12-13(20)5-2-6-14(12)21/h1-7,9H,8H2,(H,22,26)(H2,23,24,25,27). The van der Waals surface area contributed by atoms with Crippen LogP contribution in [-0.4, -0.2) is 16.9 Å². The van der Waals surface area contributed by atoms with Crippen molar-refractivity contribution < 1.29 is 18.4 Å². The maximum atomic E-state index is 13.6. The molecule has 3 aromatic rings. The van der Waals surface area contributed by atoms with E-state index >= 15 is 0 Å². The Morgan fingerprint density at radius 3 is 2.50 bits per heavy atom. The molecule has 0 radical (unpaired) electrons. The van der Waals surface area contributed by atoms with Crippen LogP contribution in [0.5, 0.6) is 0 Å². The van der Waals surface area contributed by atoms with Crippen LogP contribution in [0.15, 0.2) is 47.8 Å². The average Bonchev–Trinajstić information content (AvgIpc) is 3.09. The molecule has 3 amide bonds. The summed E-state index contributed by atoms with van der Waals surface area (Å²) in [6.45, 7) is -0.327. The molecular weight excluding hydrogens is 410 g/mol. The molecule has 10 heteroatoms. The second-order valence-electron chi connectivity index (χ2n) is 5.51. The lowest BCUT2D eigenvalue weighted by Crippen LogP contribution is -2.24. The van der Waals surface area contributed by atoms with Gasteiger partial charge in [-0.05, 0) is 30.3 Å². The Kier molecular flexibility index (Phi) is 6.17. The Hall–Kier alpha value is -3.04. The van der Waals surface area contributed by atoms with Gasteiger partial charge in [0.25, 0.3) is 5.91 Å². The van der Waals surface area contributed by atoms with E-state index in [0.29, 0.717) is 10.7 Å². The van der Waals surface area contributed by atoms with Crippen LogP contribution in [0.1, 0.15) is 16.1 Å². The lowest BCUT2D eigenvalue weighted by Gasteiger charge is -2.06. The molecule has 1 aromatic heterocycles. The molecule has 0 saturated heterocycles. The van der Waals surface area contributed by atoms with E-state index in [1.807, 2.05) is 0 Å². The molecule has 3 rings (SSSR count). The van der Waals surface area contributed by atoms with Gasteiger partial charge in [0.1, 0.15) is 17.3 Å². The van der Waals surface area contributed by atoms with Crippen molar-refractivity contribution in [2.45, 2.75) is 6.54 Å². The molecule has 0 aliphatic rings. The highest BCUT2D eigenvalue weighted by atomic mass is 35.5. The van der Waals surface area contributed by atoms with Crippen LogP contribution < -0.4 is 16.0 Å². The summed E-state index contributed by atoms with van der Waals surface area (Å²) in [5.74, 6) is -2.13. The number of halogens is 3. The van der Waals surface area contributed by atoms with Gasteiger partial charge in [-0.25, -0.2) is 18.6 Å². The van der Waals surface area contributed by atoms with Gasteiger partial charge in [-0.3, -0.25) is 10.1 Å². The zero-order valence-electron chi connectivity index (χ0n) is 14.1. The van der Waals surface area contributed by atoms with Gasteiger partial charge in [0.15, 0.2) is 5.13 Å². The zero-order chi connectivity index (χ0) is 20.1. The number of nitrogens with zero attached hydrogens (tertiary/aromatic N) is 1. The number of rotatable bonds is 5. The summed E-state index contributed by atoms with van der Waals surface area (Å²) in [6, 6.07) is 9.48. The van der Waals surface area contributed by atoms with Gasteiger partial charge in [-0.1, -0.05) is 23.7 Å². The summed E-state index contributed by atoms with van der Waals surface area (Å²) >= 11 is 6.88. The van der Waals surface area contributed by atoms with Crippen molar-refractivity contribution in [2.75, 3.05) is 10.6 Å². The largest absolute Gasteiger partial charge is 0.346 e. The molecule has 0 atom stereocenters. The molecular formula is C18H13ClF2N4O2S. The van der Waals surface area contributed by atoms with Gasteiger partial charge in [-0.15, -0.1) is 11.3 Å². The molecule has 0 fully saturated rings. The first-order valence-electron chi connectivity index (χ1n) is 7.92. The maximum absolute atomic E-state index is 13.6. The number of hydrogen-bond acceptors (Lipinski definition) is 4. The summed E-state index contributed by atoms with van der Waals surface area (Å²) in [6.07, 6.45) is 0. The minimum absolute atomic E-state index is 0.0137. The van der Waals surface area contributed by atoms with Gasteiger partial charge in [0, 0.05) is 28.2 Å². The second kappa shape index (κ2) is 8.77. The van der Waals surface area contributed by atoms with E-state index in [1.54, 1.807) is 24.3 Å². The molecule has 6 nitrogen and oxygen atoms in total. The first-order chi connectivity index (χ1) is 13.4. The molecule has 0 unspecified atom stereocenters. The molecule has 0 aliphatic carbocycles. The predicted octanol–water partition coefficient (Wildman–Crippen LogP) is 4.65. The van der Waals surface area contributed by atoms with Crippen LogP contribution in [-0.2, 0) is 6.54 Å². The van der Waals surface area contributed by atoms with Crippen LogP contribution >= 0.6 is 22.9 Å². The Bertz CT molecular complexity index is 1010. The zero-order valence-corrected chi connectivity index (χ0v) is 15.7. The Labute approximate surface area is 167 Å². The maximum Gasteiger partial charge on any atom is 0.325 e. The van der Waals surface area contributed by atoms with Crippen LogP contribution in [0.2, 0.25) is 5.02 Å². The summed E-state index contributed by atoms with van der Waals surface area (Å²) in [5, 5.41) is 9.53. The number of anilines is 2. The number of thiazole rings is 1. The van der Waals surface area contributed by atoms with Crippen molar-refractivity contribution in [2.24, 2.45) is 0 Å². The van der Waals surface area contributed by atoms with Gasteiger partial charge in [0.05, 0.1) is 0 Å². The number of aromatic nitrogens is 1. The van der Waals surface area contributed by atoms with Crippen molar-refractivity contribution in [3.63, 3.8) is 0 Å². The number of benzene rings is 2. The summed E-state index contributed by atoms with van der Waals surface area (Å²) in [7, 11) is 0. The van der Waals surface area contributed by atoms with Crippen molar-refractivity contribution in [3.05, 3.63) is 75.8 Å². The first kappa shape index (κ1) is 19.7. The fourth-order valence-electron chi connectivity index (χ4n) is 2.22. The van der Waals surface area contributed by atoms with Gasteiger partial charge < -0.3 is 10.6 Å². The van der Waals surface area contributed by atoms with Crippen molar-refractivity contribution in [1.29, 1.82) is 0 Å². The fourth-order valence-corrected chi connectivity index (χ4v) is 3.10. The third-order valence-corrected chi connectivity index (χ3v) is 4.52. The number of nitrogens with one attached hydrogen (secondary N) is 3. The summed E-state index contributed by atoms with van der Waals surface area (Å²) < 4.78 is 27.2. The third kappa shape index (κ3) is 5.02. The third-order valence-electron chi connectivity index (χ3n) is 3.53. The average molecular weight is 423 g/mol. The highest BCUT2D eigenvalue weighted by Crippen LogP contribution is 2.18.